The quantitative estimate of drug-likeness (QED) is 0.697. The van der Waals surface area contributed by atoms with Gasteiger partial charge in [0.2, 0.25) is 0 Å². The third kappa shape index (κ3) is 6.98. The van der Waals surface area contributed by atoms with Crippen LogP contribution in [0.2, 0.25) is 0 Å². The summed E-state index contributed by atoms with van der Waals surface area (Å²) in [4.78, 5) is 2.30. The Bertz CT molecular complexity index is 287. The highest BCUT2D eigenvalue weighted by Gasteiger charge is 2.30. The zero-order valence-corrected chi connectivity index (χ0v) is 13.4. The highest BCUT2D eigenvalue weighted by Crippen LogP contribution is 2.18. The van der Waals surface area contributed by atoms with Crippen molar-refractivity contribution in [1.29, 1.82) is 0 Å². The second-order valence-electron chi connectivity index (χ2n) is 6.01. The number of rotatable bonds is 8. The van der Waals surface area contributed by atoms with E-state index in [9.17, 15) is 13.2 Å². The Morgan fingerprint density at radius 3 is 2.62 bits per heavy atom. The lowest BCUT2D eigenvalue weighted by Crippen LogP contribution is -2.58. The number of nitrogens with zero attached hydrogens (tertiary/aromatic N) is 1. The van der Waals surface area contributed by atoms with Gasteiger partial charge in [-0.05, 0) is 12.3 Å². The maximum Gasteiger partial charge on any atom is 0.411 e. The topological polar surface area (TPSA) is 24.5 Å². The third-order valence-electron chi connectivity index (χ3n) is 4.30. The summed E-state index contributed by atoms with van der Waals surface area (Å²) in [5.74, 6) is 0.575. The van der Waals surface area contributed by atoms with Gasteiger partial charge in [0.05, 0.1) is 6.61 Å². The molecule has 6 heteroatoms. The molecule has 1 aliphatic heterocycles. The van der Waals surface area contributed by atoms with E-state index in [0.29, 0.717) is 24.5 Å². The van der Waals surface area contributed by atoms with Gasteiger partial charge < -0.3 is 10.1 Å². The van der Waals surface area contributed by atoms with Crippen LogP contribution in [-0.2, 0) is 4.74 Å². The third-order valence-corrected chi connectivity index (χ3v) is 4.30. The molecule has 0 aliphatic carbocycles. The lowest BCUT2D eigenvalue weighted by atomic mass is 9.94. The maximum absolute atomic E-state index is 12.1. The average molecular weight is 310 g/mol. The van der Waals surface area contributed by atoms with Crippen LogP contribution in [0.25, 0.3) is 0 Å². The van der Waals surface area contributed by atoms with Crippen molar-refractivity contribution in [2.24, 2.45) is 5.92 Å². The SMILES string of the molecule is CCCC1CNC(C(C)CC)CN1CCOCC(F)(F)F. The van der Waals surface area contributed by atoms with Gasteiger partial charge in [-0.25, -0.2) is 0 Å². The molecule has 1 aliphatic rings. The fourth-order valence-corrected chi connectivity index (χ4v) is 2.81. The summed E-state index contributed by atoms with van der Waals surface area (Å²) in [7, 11) is 0. The Kier molecular flexibility index (Phi) is 7.98. The lowest BCUT2D eigenvalue weighted by Gasteiger charge is -2.42. The Morgan fingerprint density at radius 1 is 1.33 bits per heavy atom. The Morgan fingerprint density at radius 2 is 2.05 bits per heavy atom. The largest absolute Gasteiger partial charge is 0.411 e. The molecule has 0 saturated carbocycles. The van der Waals surface area contributed by atoms with Crippen molar-refractivity contribution in [3.05, 3.63) is 0 Å². The molecule has 0 spiro atoms. The first kappa shape index (κ1) is 18.7. The van der Waals surface area contributed by atoms with Crippen LogP contribution in [0.4, 0.5) is 13.2 Å². The predicted molar refractivity (Wildman–Crippen MR) is 78.4 cm³/mol. The van der Waals surface area contributed by atoms with Crippen molar-refractivity contribution in [3.8, 4) is 0 Å². The molecule has 1 fully saturated rings. The maximum atomic E-state index is 12.1. The van der Waals surface area contributed by atoms with E-state index in [1.54, 1.807) is 0 Å². The minimum atomic E-state index is -4.23. The smallest absolute Gasteiger partial charge is 0.371 e. The highest BCUT2D eigenvalue weighted by molar-refractivity contribution is 4.88. The Labute approximate surface area is 126 Å². The Balaban J connectivity index is 2.43. The number of piperazine rings is 1. The molecular weight excluding hydrogens is 281 g/mol. The van der Waals surface area contributed by atoms with Gasteiger partial charge in [-0.15, -0.1) is 0 Å². The fraction of sp³-hybridized carbons (Fsp3) is 1.00. The first-order chi connectivity index (χ1) is 9.87. The number of hydrogen-bond acceptors (Lipinski definition) is 3. The molecule has 1 saturated heterocycles. The second kappa shape index (κ2) is 8.96. The van der Waals surface area contributed by atoms with Crippen molar-refractivity contribution in [2.45, 2.75) is 58.3 Å². The van der Waals surface area contributed by atoms with Gasteiger partial charge >= 0.3 is 6.18 Å². The van der Waals surface area contributed by atoms with Crippen LogP contribution in [0.3, 0.4) is 0 Å². The van der Waals surface area contributed by atoms with Crippen LogP contribution in [0.1, 0.15) is 40.0 Å². The van der Waals surface area contributed by atoms with Crippen LogP contribution >= 0.6 is 0 Å². The lowest BCUT2D eigenvalue weighted by molar-refractivity contribution is -0.175. The molecule has 3 unspecified atom stereocenters. The summed E-state index contributed by atoms with van der Waals surface area (Å²) in [5, 5.41) is 3.59. The molecule has 126 valence electrons. The number of halogens is 3. The highest BCUT2D eigenvalue weighted by atomic mass is 19.4. The number of ether oxygens (including phenoxy) is 1. The molecule has 3 atom stereocenters. The van der Waals surface area contributed by atoms with Gasteiger partial charge in [-0.2, -0.15) is 13.2 Å². The van der Waals surface area contributed by atoms with Gasteiger partial charge in [0.15, 0.2) is 0 Å². The van der Waals surface area contributed by atoms with E-state index >= 15 is 0 Å². The number of alkyl halides is 3. The number of hydrogen-bond donors (Lipinski definition) is 1. The van der Waals surface area contributed by atoms with Crippen molar-refractivity contribution >= 4 is 0 Å². The fourth-order valence-electron chi connectivity index (χ4n) is 2.81. The molecule has 21 heavy (non-hydrogen) atoms. The number of nitrogens with one attached hydrogen (secondary N) is 1. The molecule has 0 aromatic carbocycles. The van der Waals surface area contributed by atoms with Crippen molar-refractivity contribution in [3.63, 3.8) is 0 Å². The van der Waals surface area contributed by atoms with E-state index in [2.05, 4.69) is 31.0 Å². The molecule has 3 nitrogen and oxygen atoms in total. The van der Waals surface area contributed by atoms with Gasteiger partial charge in [0, 0.05) is 31.7 Å². The van der Waals surface area contributed by atoms with Crippen molar-refractivity contribution in [2.75, 3.05) is 32.8 Å². The molecule has 0 bridgehead atoms. The van der Waals surface area contributed by atoms with E-state index in [1.165, 1.54) is 0 Å². The van der Waals surface area contributed by atoms with E-state index in [-0.39, 0.29) is 6.61 Å². The van der Waals surface area contributed by atoms with Crippen LogP contribution in [0, 0.1) is 5.92 Å². The zero-order valence-electron chi connectivity index (χ0n) is 13.4. The van der Waals surface area contributed by atoms with E-state index in [0.717, 1.165) is 32.4 Å². The second-order valence-corrected chi connectivity index (χ2v) is 6.01. The van der Waals surface area contributed by atoms with Gasteiger partial charge in [0.1, 0.15) is 6.61 Å². The van der Waals surface area contributed by atoms with Gasteiger partial charge in [-0.3, -0.25) is 4.90 Å². The molecule has 0 radical (unpaired) electrons. The van der Waals surface area contributed by atoms with Crippen LogP contribution in [0.5, 0.6) is 0 Å². The van der Waals surface area contributed by atoms with Crippen LogP contribution in [0.15, 0.2) is 0 Å². The summed E-state index contributed by atoms with van der Waals surface area (Å²) in [5.41, 5.74) is 0. The molecule has 1 N–H and O–H groups in total. The minimum Gasteiger partial charge on any atom is -0.371 e. The van der Waals surface area contributed by atoms with Crippen LogP contribution < -0.4 is 5.32 Å². The molecule has 1 heterocycles. The summed E-state index contributed by atoms with van der Waals surface area (Å²) in [6.45, 7) is 7.92. The summed E-state index contributed by atoms with van der Waals surface area (Å²) < 4.78 is 41.0. The first-order valence-corrected chi connectivity index (χ1v) is 7.99. The molecule has 0 aromatic heterocycles. The van der Waals surface area contributed by atoms with Crippen LogP contribution in [-0.4, -0.2) is 56.0 Å². The minimum absolute atomic E-state index is 0.146. The van der Waals surface area contributed by atoms with E-state index in [1.807, 2.05) is 0 Å². The zero-order chi connectivity index (χ0) is 15.9. The predicted octanol–water partition coefficient (Wildman–Crippen LogP) is 3.05. The van der Waals surface area contributed by atoms with E-state index < -0.39 is 12.8 Å². The standard InChI is InChI=1S/C15H29F3N2O/c1-4-6-13-9-19-14(12(3)5-2)10-20(13)7-8-21-11-15(16,17)18/h12-14,19H,4-11H2,1-3H3. The van der Waals surface area contributed by atoms with Gasteiger partial charge in [-0.1, -0.05) is 33.6 Å². The average Bonchev–Trinajstić information content (AvgIpc) is 2.43. The molecule has 0 aromatic rings. The van der Waals surface area contributed by atoms with Crippen molar-refractivity contribution in [1.82, 2.24) is 10.2 Å². The van der Waals surface area contributed by atoms with E-state index in [4.69, 9.17) is 4.74 Å². The summed E-state index contributed by atoms with van der Waals surface area (Å²) in [6, 6.07) is 0.829. The summed E-state index contributed by atoms with van der Waals surface area (Å²) in [6.07, 6.45) is -0.972. The first-order valence-electron chi connectivity index (χ1n) is 7.99. The molecular formula is C15H29F3N2O. The normalized spacial score (nSPS) is 26.0. The Hall–Kier alpha value is -0.330. The summed E-state index contributed by atoms with van der Waals surface area (Å²) >= 11 is 0. The molecule has 1 rings (SSSR count). The molecule has 0 amide bonds. The monoisotopic (exact) mass is 310 g/mol. The van der Waals surface area contributed by atoms with Gasteiger partial charge in [0.25, 0.3) is 0 Å². The van der Waals surface area contributed by atoms with Crippen molar-refractivity contribution < 1.29 is 17.9 Å².